The Morgan fingerprint density at radius 2 is 1.85 bits per heavy atom. The van der Waals surface area contributed by atoms with E-state index in [-0.39, 0.29) is 22.0 Å². The minimum Gasteiger partial charge on any atom is -0.268 e. The maximum Gasteiger partial charge on any atom is 0.416 e. The minimum atomic E-state index is -4.51. The predicted molar refractivity (Wildman–Crippen MR) is 94.4 cm³/mol. The molecule has 3 rings (SSSR count). The molecule has 2 amide bonds. The topological polar surface area (TPSA) is 37.4 Å². The van der Waals surface area contributed by atoms with Crippen molar-refractivity contribution < 1.29 is 27.2 Å². The second-order valence-corrected chi connectivity index (χ2v) is 7.03. The number of nitrogens with zero attached hydrogens (tertiary/aromatic N) is 1. The molecule has 140 valence electrons. The van der Waals surface area contributed by atoms with Crippen molar-refractivity contribution in [3.05, 3.63) is 74.9 Å². The van der Waals surface area contributed by atoms with Crippen molar-refractivity contribution in [2.24, 2.45) is 0 Å². The van der Waals surface area contributed by atoms with Crippen molar-refractivity contribution in [2.45, 2.75) is 12.7 Å². The molecule has 0 aliphatic carbocycles. The zero-order valence-corrected chi connectivity index (χ0v) is 15.0. The summed E-state index contributed by atoms with van der Waals surface area (Å²) in [6, 6.07) is 8.01. The molecule has 0 N–H and O–H groups in total. The fourth-order valence-electron chi connectivity index (χ4n) is 2.41. The highest BCUT2D eigenvalue weighted by molar-refractivity contribution is 8.18. The fourth-order valence-corrected chi connectivity index (χ4v) is 3.48. The molecule has 1 saturated heterocycles. The molecular weight excluding hydrogens is 406 g/mol. The Morgan fingerprint density at radius 1 is 1.11 bits per heavy atom. The van der Waals surface area contributed by atoms with Gasteiger partial charge in [-0.25, -0.2) is 4.39 Å². The summed E-state index contributed by atoms with van der Waals surface area (Å²) in [6.07, 6.45) is -3.28. The van der Waals surface area contributed by atoms with E-state index in [0.29, 0.717) is 17.3 Å². The Kier molecular flexibility index (Phi) is 5.30. The van der Waals surface area contributed by atoms with Gasteiger partial charge in [-0.05, 0) is 53.2 Å². The van der Waals surface area contributed by atoms with E-state index in [1.54, 1.807) is 0 Å². The van der Waals surface area contributed by atoms with Gasteiger partial charge in [-0.1, -0.05) is 29.8 Å². The minimum absolute atomic E-state index is 0.00226. The van der Waals surface area contributed by atoms with E-state index >= 15 is 0 Å². The molecule has 3 nitrogen and oxygen atoms in total. The van der Waals surface area contributed by atoms with Gasteiger partial charge in [0, 0.05) is 5.02 Å². The van der Waals surface area contributed by atoms with Gasteiger partial charge in [0.05, 0.1) is 17.0 Å². The van der Waals surface area contributed by atoms with Gasteiger partial charge < -0.3 is 0 Å². The van der Waals surface area contributed by atoms with Crippen LogP contribution >= 0.6 is 23.4 Å². The lowest BCUT2D eigenvalue weighted by molar-refractivity contribution is -0.137. The largest absolute Gasteiger partial charge is 0.416 e. The number of hydrogen-bond donors (Lipinski definition) is 0. The molecule has 0 aromatic heterocycles. The van der Waals surface area contributed by atoms with E-state index in [1.165, 1.54) is 24.3 Å². The van der Waals surface area contributed by atoms with Crippen LogP contribution in [-0.4, -0.2) is 16.0 Å². The molecule has 0 spiro atoms. The quantitative estimate of drug-likeness (QED) is 0.474. The molecule has 0 bridgehead atoms. The summed E-state index contributed by atoms with van der Waals surface area (Å²) < 4.78 is 51.5. The first kappa shape index (κ1) is 19.4. The molecule has 2 aromatic carbocycles. The second kappa shape index (κ2) is 7.36. The molecule has 0 atom stereocenters. The maximum atomic E-state index is 13.1. The van der Waals surface area contributed by atoms with Gasteiger partial charge in [0.2, 0.25) is 0 Å². The molecule has 1 aliphatic heterocycles. The van der Waals surface area contributed by atoms with Gasteiger partial charge in [-0.15, -0.1) is 0 Å². The standard InChI is InChI=1S/C18H10ClF4NO2S/c19-14-8-13(20)5-4-11(14)9-24-16(25)15(27-17(24)26)7-10-2-1-3-12(6-10)18(21,22)23/h1-8H,9H2/b15-7+. The molecule has 1 heterocycles. The van der Waals surface area contributed by atoms with Crippen molar-refractivity contribution in [1.29, 1.82) is 0 Å². The van der Waals surface area contributed by atoms with Crippen LogP contribution in [0.1, 0.15) is 16.7 Å². The molecule has 9 heteroatoms. The number of alkyl halides is 3. The molecule has 1 fully saturated rings. The number of carbonyl (C=O) groups is 2. The Morgan fingerprint density at radius 3 is 2.52 bits per heavy atom. The van der Waals surface area contributed by atoms with Crippen molar-refractivity contribution in [3.63, 3.8) is 0 Å². The molecular formula is C18H10ClF4NO2S. The molecule has 0 unspecified atom stereocenters. The lowest BCUT2D eigenvalue weighted by Crippen LogP contribution is -2.27. The summed E-state index contributed by atoms with van der Waals surface area (Å²) in [5.41, 5.74) is -0.329. The first-order valence-electron chi connectivity index (χ1n) is 7.52. The number of carbonyl (C=O) groups excluding carboxylic acids is 2. The Hall–Kier alpha value is -2.32. The normalized spacial score (nSPS) is 16.5. The third-order valence-electron chi connectivity index (χ3n) is 3.73. The number of hydrogen-bond acceptors (Lipinski definition) is 3. The molecule has 0 saturated carbocycles. The van der Waals surface area contributed by atoms with Crippen LogP contribution < -0.4 is 0 Å². The van der Waals surface area contributed by atoms with E-state index in [2.05, 4.69) is 0 Å². The summed E-state index contributed by atoms with van der Waals surface area (Å²) in [4.78, 5) is 25.5. The van der Waals surface area contributed by atoms with Crippen molar-refractivity contribution in [3.8, 4) is 0 Å². The average Bonchev–Trinajstić information content (AvgIpc) is 2.84. The van der Waals surface area contributed by atoms with E-state index in [9.17, 15) is 27.2 Å². The van der Waals surface area contributed by atoms with Gasteiger partial charge >= 0.3 is 6.18 Å². The van der Waals surface area contributed by atoms with Crippen LogP contribution in [0.5, 0.6) is 0 Å². The zero-order chi connectivity index (χ0) is 19.8. The Balaban J connectivity index is 1.84. The van der Waals surface area contributed by atoms with Gasteiger partial charge in [-0.3, -0.25) is 14.5 Å². The number of rotatable bonds is 3. The van der Waals surface area contributed by atoms with Crippen LogP contribution in [0.25, 0.3) is 6.08 Å². The maximum absolute atomic E-state index is 13.1. The monoisotopic (exact) mass is 415 g/mol. The van der Waals surface area contributed by atoms with Crippen LogP contribution in [-0.2, 0) is 17.5 Å². The van der Waals surface area contributed by atoms with Crippen LogP contribution in [0, 0.1) is 5.82 Å². The van der Waals surface area contributed by atoms with Gasteiger partial charge in [-0.2, -0.15) is 13.2 Å². The lowest BCUT2D eigenvalue weighted by Gasteiger charge is -2.13. The molecule has 2 aromatic rings. The van der Waals surface area contributed by atoms with Gasteiger partial charge in [0.25, 0.3) is 11.1 Å². The van der Waals surface area contributed by atoms with E-state index in [0.717, 1.165) is 29.2 Å². The van der Waals surface area contributed by atoms with E-state index in [4.69, 9.17) is 11.6 Å². The summed E-state index contributed by atoms with van der Waals surface area (Å²) in [5, 5.41) is -0.519. The summed E-state index contributed by atoms with van der Waals surface area (Å²) >= 11 is 6.53. The predicted octanol–water partition coefficient (Wildman–Crippen LogP) is 5.73. The Bertz CT molecular complexity index is 959. The first-order valence-corrected chi connectivity index (χ1v) is 8.71. The van der Waals surface area contributed by atoms with Gasteiger partial charge in [0.15, 0.2) is 0 Å². The lowest BCUT2D eigenvalue weighted by atomic mass is 10.1. The highest BCUT2D eigenvalue weighted by Gasteiger charge is 2.35. The number of halogens is 5. The van der Waals surface area contributed by atoms with E-state index < -0.39 is 28.7 Å². The number of imide groups is 1. The number of thioether (sulfide) groups is 1. The number of benzene rings is 2. The molecule has 27 heavy (non-hydrogen) atoms. The average molecular weight is 416 g/mol. The first-order chi connectivity index (χ1) is 12.6. The van der Waals surface area contributed by atoms with Crippen molar-refractivity contribution in [2.75, 3.05) is 0 Å². The molecule has 0 radical (unpaired) electrons. The van der Waals surface area contributed by atoms with Crippen LogP contribution in [0.4, 0.5) is 22.4 Å². The Labute approximate surface area is 160 Å². The third-order valence-corrected chi connectivity index (χ3v) is 4.99. The third kappa shape index (κ3) is 4.33. The SMILES string of the molecule is O=C1S/C(=C/c2cccc(C(F)(F)F)c2)C(=O)N1Cc1ccc(F)cc1Cl. The summed E-state index contributed by atoms with van der Waals surface area (Å²) in [5.74, 6) is -1.20. The number of amides is 2. The van der Waals surface area contributed by atoms with Crippen LogP contribution in [0.2, 0.25) is 5.02 Å². The smallest absolute Gasteiger partial charge is 0.268 e. The second-order valence-electron chi connectivity index (χ2n) is 5.63. The van der Waals surface area contributed by atoms with E-state index in [1.807, 2.05) is 0 Å². The van der Waals surface area contributed by atoms with Gasteiger partial charge in [0.1, 0.15) is 5.82 Å². The summed E-state index contributed by atoms with van der Waals surface area (Å²) in [7, 11) is 0. The van der Waals surface area contributed by atoms with Crippen molar-refractivity contribution >= 4 is 40.6 Å². The van der Waals surface area contributed by atoms with Crippen LogP contribution in [0.15, 0.2) is 47.4 Å². The fraction of sp³-hybridized carbons (Fsp3) is 0.111. The highest BCUT2D eigenvalue weighted by atomic mass is 35.5. The van der Waals surface area contributed by atoms with Crippen LogP contribution in [0.3, 0.4) is 0 Å². The summed E-state index contributed by atoms with van der Waals surface area (Å²) in [6.45, 7) is -0.163. The molecule has 1 aliphatic rings. The zero-order valence-electron chi connectivity index (χ0n) is 13.4. The highest BCUT2D eigenvalue weighted by Crippen LogP contribution is 2.35. The van der Waals surface area contributed by atoms with Crippen molar-refractivity contribution in [1.82, 2.24) is 4.90 Å².